The first-order valence-electron chi connectivity index (χ1n) is 6.54. The Morgan fingerprint density at radius 1 is 1.47 bits per heavy atom. The van der Waals surface area contributed by atoms with Crippen LogP contribution in [0.25, 0.3) is 0 Å². The molecule has 1 heterocycles. The number of aryl methyl sites for hydroxylation is 1. The number of amides is 1. The lowest BCUT2D eigenvalue weighted by molar-refractivity contribution is -0.142. The number of carboxylic acid groups (broad SMARTS) is 1. The monoisotopic (exact) mass is 284 g/mol. The molecule has 106 valence electrons. The van der Waals surface area contributed by atoms with Crippen molar-refractivity contribution in [2.45, 2.75) is 51.5 Å². The fraction of sp³-hybridized carbons (Fsp3) is 0.615. The first-order chi connectivity index (χ1) is 9.13. The first-order valence-corrected chi connectivity index (χ1v) is 7.42. The van der Waals surface area contributed by atoms with Crippen LogP contribution in [0, 0.1) is 0 Å². The van der Waals surface area contributed by atoms with Crippen molar-refractivity contribution in [3.8, 4) is 0 Å². The zero-order chi connectivity index (χ0) is 14.1. The molecule has 6 heteroatoms. The number of aromatic nitrogens is 1. The summed E-state index contributed by atoms with van der Waals surface area (Å²) in [5.41, 5.74) is 0. The molecule has 19 heavy (non-hydrogen) atoms. The predicted octanol–water partition coefficient (Wildman–Crippen LogP) is 2.23. The van der Waals surface area contributed by atoms with Crippen molar-refractivity contribution in [1.82, 2.24) is 10.3 Å². The van der Waals surface area contributed by atoms with Gasteiger partial charge in [0.25, 0.3) is 0 Å². The van der Waals surface area contributed by atoms with Crippen LogP contribution in [0.4, 0.5) is 0 Å². The van der Waals surface area contributed by atoms with E-state index in [0.717, 1.165) is 24.3 Å². The van der Waals surface area contributed by atoms with Crippen LogP contribution in [0.5, 0.6) is 0 Å². The smallest absolute Gasteiger partial charge is 0.326 e. The molecule has 1 aromatic heterocycles. The molecule has 0 saturated heterocycles. The van der Waals surface area contributed by atoms with E-state index < -0.39 is 12.0 Å². The molecule has 1 aromatic rings. The van der Waals surface area contributed by atoms with Gasteiger partial charge in [-0.2, -0.15) is 0 Å². The Morgan fingerprint density at radius 2 is 2.26 bits per heavy atom. The molecule has 2 N–H and O–H groups in total. The molecule has 0 aliphatic rings. The second-order valence-electron chi connectivity index (χ2n) is 4.38. The van der Waals surface area contributed by atoms with Crippen molar-refractivity contribution < 1.29 is 14.7 Å². The summed E-state index contributed by atoms with van der Waals surface area (Å²) in [5.74, 6) is -1.15. The number of carboxylic acids is 1. The number of hydrogen-bond donors (Lipinski definition) is 2. The van der Waals surface area contributed by atoms with Crippen molar-refractivity contribution in [2.24, 2.45) is 0 Å². The maximum Gasteiger partial charge on any atom is 0.326 e. The quantitative estimate of drug-likeness (QED) is 0.728. The number of thiazole rings is 1. The van der Waals surface area contributed by atoms with Gasteiger partial charge in [-0.05, 0) is 19.3 Å². The van der Waals surface area contributed by atoms with Crippen LogP contribution >= 0.6 is 11.3 Å². The maximum atomic E-state index is 11.7. The van der Waals surface area contributed by atoms with Gasteiger partial charge < -0.3 is 10.4 Å². The maximum absolute atomic E-state index is 11.7. The van der Waals surface area contributed by atoms with Crippen LogP contribution in [0.3, 0.4) is 0 Å². The third-order valence-electron chi connectivity index (χ3n) is 2.76. The Bertz CT molecular complexity index is 393. The highest BCUT2D eigenvalue weighted by atomic mass is 32.1. The number of aliphatic carboxylic acids is 1. The largest absolute Gasteiger partial charge is 0.480 e. The molecule has 0 unspecified atom stereocenters. The molecule has 0 aromatic carbocycles. The van der Waals surface area contributed by atoms with Crippen LogP contribution in [0.1, 0.15) is 44.0 Å². The molecule has 0 radical (unpaired) electrons. The Labute approximate surface area is 117 Å². The van der Waals surface area contributed by atoms with Gasteiger partial charge in [-0.1, -0.05) is 19.8 Å². The van der Waals surface area contributed by atoms with Gasteiger partial charge in [0.2, 0.25) is 5.91 Å². The van der Waals surface area contributed by atoms with Crippen molar-refractivity contribution in [1.29, 1.82) is 0 Å². The van der Waals surface area contributed by atoms with Gasteiger partial charge in [0.05, 0.1) is 5.01 Å². The second-order valence-corrected chi connectivity index (χ2v) is 5.36. The summed E-state index contributed by atoms with van der Waals surface area (Å²) in [6.07, 6.45) is 5.75. The van der Waals surface area contributed by atoms with Gasteiger partial charge in [-0.15, -0.1) is 11.3 Å². The summed E-state index contributed by atoms with van der Waals surface area (Å²) in [6, 6.07) is -0.757. The zero-order valence-corrected chi connectivity index (χ0v) is 11.9. The van der Waals surface area contributed by atoms with Gasteiger partial charge >= 0.3 is 5.97 Å². The molecule has 5 nitrogen and oxygen atoms in total. The van der Waals surface area contributed by atoms with Gasteiger partial charge in [-0.25, -0.2) is 9.78 Å². The lowest BCUT2D eigenvalue weighted by atomic mass is 10.1. The number of hydrogen-bond acceptors (Lipinski definition) is 4. The Kier molecular flexibility index (Phi) is 7.10. The summed E-state index contributed by atoms with van der Waals surface area (Å²) in [7, 11) is 0. The standard InChI is InChI=1S/C13H20N2O3S/c1-2-3-5-10(13(17)18)15-11(16)6-4-7-12-14-8-9-19-12/h8-10H,2-7H2,1H3,(H,15,16)(H,17,18)/t10-/m0/s1. The highest BCUT2D eigenvalue weighted by Gasteiger charge is 2.18. The molecule has 1 amide bonds. The number of nitrogens with one attached hydrogen (secondary N) is 1. The molecule has 1 atom stereocenters. The highest BCUT2D eigenvalue weighted by Crippen LogP contribution is 2.08. The van der Waals surface area contributed by atoms with Crippen LogP contribution in [-0.2, 0) is 16.0 Å². The molecule has 0 spiro atoms. The summed E-state index contributed by atoms with van der Waals surface area (Å²) in [5, 5.41) is 14.5. The molecule has 0 bridgehead atoms. The summed E-state index contributed by atoms with van der Waals surface area (Å²) in [4.78, 5) is 26.8. The molecule has 0 saturated carbocycles. The van der Waals surface area contributed by atoms with Crippen LogP contribution in [0.2, 0.25) is 0 Å². The zero-order valence-electron chi connectivity index (χ0n) is 11.1. The average Bonchev–Trinajstić information content (AvgIpc) is 2.87. The molecule has 1 rings (SSSR count). The van der Waals surface area contributed by atoms with Crippen molar-refractivity contribution >= 4 is 23.2 Å². The Balaban J connectivity index is 2.25. The van der Waals surface area contributed by atoms with E-state index in [1.165, 1.54) is 0 Å². The number of nitrogens with zero attached hydrogens (tertiary/aromatic N) is 1. The SMILES string of the molecule is CCCC[C@H](NC(=O)CCCc1nccs1)C(=O)O. The number of carbonyl (C=O) groups excluding carboxylic acids is 1. The minimum atomic E-state index is -0.957. The topological polar surface area (TPSA) is 79.3 Å². The van der Waals surface area contributed by atoms with Gasteiger partial charge in [0.15, 0.2) is 0 Å². The minimum Gasteiger partial charge on any atom is -0.480 e. The van der Waals surface area contributed by atoms with E-state index in [9.17, 15) is 9.59 Å². The third kappa shape index (κ3) is 6.33. The molecule has 0 fully saturated rings. The summed E-state index contributed by atoms with van der Waals surface area (Å²) in [6.45, 7) is 1.99. The Morgan fingerprint density at radius 3 is 2.84 bits per heavy atom. The summed E-state index contributed by atoms with van der Waals surface area (Å²) < 4.78 is 0. The molecule has 0 aliphatic heterocycles. The van der Waals surface area contributed by atoms with E-state index >= 15 is 0 Å². The fourth-order valence-corrected chi connectivity index (χ4v) is 2.37. The van der Waals surface area contributed by atoms with Gasteiger partial charge in [0.1, 0.15) is 6.04 Å². The average molecular weight is 284 g/mol. The lowest BCUT2D eigenvalue weighted by Gasteiger charge is -2.13. The summed E-state index contributed by atoms with van der Waals surface area (Å²) >= 11 is 1.57. The van der Waals surface area contributed by atoms with E-state index in [0.29, 0.717) is 19.3 Å². The highest BCUT2D eigenvalue weighted by molar-refractivity contribution is 7.09. The van der Waals surface area contributed by atoms with Gasteiger partial charge in [0, 0.05) is 18.0 Å². The van der Waals surface area contributed by atoms with Crippen LogP contribution in [0.15, 0.2) is 11.6 Å². The van der Waals surface area contributed by atoms with E-state index in [-0.39, 0.29) is 5.91 Å². The second kappa shape index (κ2) is 8.63. The lowest BCUT2D eigenvalue weighted by Crippen LogP contribution is -2.40. The number of unbranched alkanes of at least 4 members (excludes halogenated alkanes) is 1. The predicted molar refractivity (Wildman–Crippen MR) is 74.1 cm³/mol. The molecular formula is C13H20N2O3S. The molecule has 0 aliphatic carbocycles. The number of carbonyl (C=O) groups is 2. The van der Waals surface area contributed by atoms with E-state index in [4.69, 9.17) is 5.11 Å². The van der Waals surface area contributed by atoms with E-state index in [2.05, 4.69) is 10.3 Å². The number of rotatable bonds is 9. The van der Waals surface area contributed by atoms with Crippen molar-refractivity contribution in [3.05, 3.63) is 16.6 Å². The normalized spacial score (nSPS) is 12.1. The van der Waals surface area contributed by atoms with Crippen LogP contribution in [-0.4, -0.2) is 28.0 Å². The van der Waals surface area contributed by atoms with E-state index in [1.807, 2.05) is 12.3 Å². The molecular weight excluding hydrogens is 264 g/mol. The van der Waals surface area contributed by atoms with Crippen molar-refractivity contribution in [3.63, 3.8) is 0 Å². The van der Waals surface area contributed by atoms with Crippen LogP contribution < -0.4 is 5.32 Å². The fourth-order valence-electron chi connectivity index (χ4n) is 1.71. The Hall–Kier alpha value is -1.43. The van der Waals surface area contributed by atoms with Crippen molar-refractivity contribution in [2.75, 3.05) is 0 Å². The van der Waals surface area contributed by atoms with Gasteiger partial charge in [-0.3, -0.25) is 4.79 Å². The minimum absolute atomic E-state index is 0.194. The van der Waals surface area contributed by atoms with E-state index in [1.54, 1.807) is 17.5 Å². The first kappa shape index (κ1) is 15.6. The third-order valence-corrected chi connectivity index (χ3v) is 3.60.